The number of halogens is 9. The molecule has 4 fully saturated rings. The predicted molar refractivity (Wildman–Crippen MR) is 386 cm³/mol. The number of benzene rings is 1. The van der Waals surface area contributed by atoms with Gasteiger partial charge in [-0.05, 0) is 132 Å². The van der Waals surface area contributed by atoms with Crippen LogP contribution in [0.2, 0.25) is 5.82 Å². The van der Waals surface area contributed by atoms with Crippen LogP contribution in [0.25, 0.3) is 0 Å². The number of piperidine rings is 2. The molecule has 9 rings (SSSR count). The lowest BCUT2D eigenvalue weighted by Gasteiger charge is -2.32. The van der Waals surface area contributed by atoms with Crippen molar-refractivity contribution in [2.24, 2.45) is 0 Å². The number of alkyl halides is 9. The van der Waals surface area contributed by atoms with Gasteiger partial charge < -0.3 is 33.4 Å². The van der Waals surface area contributed by atoms with Crippen LogP contribution in [0.4, 0.5) is 45.2 Å². The van der Waals surface area contributed by atoms with Gasteiger partial charge in [-0.25, -0.2) is 0 Å². The summed E-state index contributed by atoms with van der Waals surface area (Å²) in [4.78, 5) is 10.6. The molecule has 0 amide bonds. The number of carbonyl (C=O) groups excluding carboxylic acids is 1. The Morgan fingerprint density at radius 3 is 1.20 bits per heavy atom. The van der Waals surface area contributed by atoms with E-state index >= 15 is 0 Å². The number of ketones is 1. The van der Waals surface area contributed by atoms with E-state index in [0.29, 0.717) is 36.8 Å². The van der Waals surface area contributed by atoms with Gasteiger partial charge in [-0.2, -0.15) is 64.8 Å². The van der Waals surface area contributed by atoms with E-state index < -0.39 is 70.1 Å². The molecule has 19 nitrogen and oxygen atoms in total. The van der Waals surface area contributed by atoms with Crippen LogP contribution in [0.15, 0.2) is 76.9 Å². The third kappa shape index (κ3) is 33.2. The van der Waals surface area contributed by atoms with Crippen LogP contribution in [-0.4, -0.2) is 205 Å². The molecular formula is C56H103B5F9N7O12P4S3. The minimum absolute atomic E-state index is 0. The molecule has 2 N–H and O–H groups in total. The van der Waals surface area contributed by atoms with Gasteiger partial charge in [-0.1, -0.05) is 115 Å². The van der Waals surface area contributed by atoms with Crippen LogP contribution >= 0.6 is 37.6 Å². The first-order valence-electron chi connectivity index (χ1n) is 29.1. The average Bonchev–Trinajstić information content (AvgIpc) is 1.16. The van der Waals surface area contributed by atoms with Crippen LogP contribution < -0.4 is 14.3 Å². The molecule has 4 unspecified atom stereocenters. The Bertz CT molecular complexity index is 2820. The van der Waals surface area contributed by atoms with Crippen molar-refractivity contribution < 1.29 is 92.4 Å². The summed E-state index contributed by atoms with van der Waals surface area (Å²) in [5.41, 5.74) is -17.0. The number of para-hydroxylation sites is 1. The van der Waals surface area contributed by atoms with Crippen molar-refractivity contribution in [3.8, 4) is 0 Å². The van der Waals surface area contributed by atoms with Crippen molar-refractivity contribution in [1.82, 2.24) is 29.3 Å². The summed E-state index contributed by atoms with van der Waals surface area (Å²) in [7, 11) is 6.83. The Morgan fingerprint density at radius 1 is 0.542 bits per heavy atom. The van der Waals surface area contributed by atoms with Crippen LogP contribution in [0.1, 0.15) is 143 Å². The zero-order valence-corrected chi connectivity index (χ0v) is 60.4. The smallest absolute Gasteiger partial charge is 0.405 e. The maximum atomic E-state index is 12.4. The lowest BCUT2D eigenvalue weighted by atomic mass is 9.49. The number of sulfonamides is 2. The Hall–Kier alpha value is -1.69. The second kappa shape index (κ2) is 42.8. The maximum Gasteiger partial charge on any atom is 0.534 e. The largest absolute Gasteiger partial charge is 0.534 e. The summed E-state index contributed by atoms with van der Waals surface area (Å²) in [6.07, 6.45) is 14.8. The molecule has 8 heterocycles. The highest BCUT2D eigenvalue weighted by Gasteiger charge is 2.64. The Balaban J connectivity index is -0.00000106. The van der Waals surface area contributed by atoms with Crippen molar-refractivity contribution >= 4 is 117 Å². The van der Waals surface area contributed by atoms with Crippen molar-refractivity contribution in [2.45, 2.75) is 188 Å². The van der Waals surface area contributed by atoms with E-state index in [4.69, 9.17) is 42.2 Å². The highest BCUT2D eigenvalue weighted by Crippen LogP contribution is 2.43. The Morgan fingerprint density at radius 2 is 0.927 bits per heavy atom. The summed E-state index contributed by atoms with van der Waals surface area (Å²) in [5.74, 6) is 0.718. The monoisotopic (exact) mass is 1510 g/mol. The molecule has 6 radical (unpaired) electrons. The Labute approximate surface area is 582 Å². The quantitative estimate of drug-likeness (QED) is 0.0678. The van der Waals surface area contributed by atoms with Crippen LogP contribution in [-0.2, 0) is 57.8 Å². The average molecular weight is 1510 g/mol. The van der Waals surface area contributed by atoms with E-state index in [2.05, 4.69) is 85.5 Å². The molecule has 40 heteroatoms. The van der Waals surface area contributed by atoms with Gasteiger partial charge in [0.25, 0.3) is 0 Å². The maximum absolute atomic E-state index is 12.4. The summed E-state index contributed by atoms with van der Waals surface area (Å²) in [6, 6.07) is 3.85. The second-order valence-electron chi connectivity index (χ2n) is 23.8. The molecule has 550 valence electrons. The van der Waals surface area contributed by atoms with Crippen LogP contribution in [0.5, 0.6) is 0 Å². The number of Topliss-reactive ketones (excluding diaryl/α,β-unsaturated/α-hetero) is 1. The van der Waals surface area contributed by atoms with Crippen molar-refractivity contribution in [1.29, 1.82) is 0 Å². The van der Waals surface area contributed by atoms with E-state index in [9.17, 15) is 69.6 Å². The first-order valence-corrected chi connectivity index (χ1v) is 35.4. The topological polar surface area (TPSA) is 206 Å². The highest BCUT2D eigenvalue weighted by molar-refractivity contribution is 8.11. The Kier molecular flexibility index (Phi) is 43.9. The van der Waals surface area contributed by atoms with E-state index in [0.717, 1.165) is 127 Å². The number of anilines is 1. The number of rotatable bonds is 6. The number of hydrogen-bond donors (Lipinski definition) is 2. The van der Waals surface area contributed by atoms with Crippen LogP contribution in [0.3, 0.4) is 0 Å². The molecule has 0 spiro atoms. The standard InChI is InChI=1S/C12H24B2O4.C8H5F6NO4S2.C6H9F3NO3PS.C6H12NP.C5H9BNP.C5H10BN.C5H8BN.C5H10NOP.4CH4/c1-9(2)10(3,4)16-13(15-9)14-17-11(5,6)12(7,8)18-14;9-7(10,11)20(16,17)15(6-4-2-1-3-5-6)21(18,19)8(12,13)14;7-6(8,9)15(11,12)13-5-1-3-10(14)4-2-5;1-6-2-4-7(8)5-3-6;6-5-1-3-7(8)4-2-5;2*6-5-1-3-7-4-2-5;7-5-1-3-6(8)4-2-5;;;;/h1-8H3;1-5H;1H,2-4,14H2;2H,3-5,8H2,1H3;1H,2-4,8H2;5,7H,1-4H2;1,7H,2-4H2;1-4,8H2;4*1H4. The minimum atomic E-state index is -6.81. The van der Waals surface area contributed by atoms with E-state index in [1.54, 1.807) is 4.67 Å². The van der Waals surface area contributed by atoms with Gasteiger partial charge in [0, 0.05) is 78.2 Å². The van der Waals surface area contributed by atoms with E-state index in [1.165, 1.54) is 24.6 Å². The lowest BCUT2D eigenvalue weighted by Crippen LogP contribution is -2.49. The van der Waals surface area contributed by atoms with Gasteiger partial charge in [0.2, 0.25) is 0 Å². The summed E-state index contributed by atoms with van der Waals surface area (Å²) < 4.78 is 211. The molecule has 1 aromatic carbocycles. The van der Waals surface area contributed by atoms with Gasteiger partial charge in [0.1, 0.15) is 27.2 Å². The third-order valence-corrected chi connectivity index (χ3v) is 21.6. The highest BCUT2D eigenvalue weighted by atomic mass is 32.3. The molecule has 0 aliphatic carbocycles. The second-order valence-corrected chi connectivity index (χ2v) is 32.0. The van der Waals surface area contributed by atoms with E-state index in [1.807, 2.05) is 61.5 Å². The fourth-order valence-electron chi connectivity index (χ4n) is 7.82. The molecule has 0 aromatic heterocycles. The normalized spacial score (nSPS) is 21.4. The van der Waals surface area contributed by atoms with Gasteiger partial charge in [0.15, 0.2) is 0 Å². The third-order valence-electron chi connectivity index (χ3n) is 15.0. The first kappa shape index (κ1) is 98.5. The fraction of sp³-hybridized carbons (Fsp3) is 0.732. The van der Waals surface area contributed by atoms with Gasteiger partial charge >= 0.3 is 60.7 Å². The summed E-state index contributed by atoms with van der Waals surface area (Å²) in [6.45, 7) is 29.6. The number of nitrogens with one attached hydrogen (secondary N) is 2. The van der Waals surface area contributed by atoms with Crippen molar-refractivity contribution in [2.75, 3.05) is 82.2 Å². The molecular weight excluding hydrogens is 1410 g/mol. The molecule has 8 aliphatic heterocycles. The fourth-order valence-corrected chi connectivity index (χ4v) is 12.0. The number of hydrogen-bond acceptors (Lipinski definition) is 18. The number of nitrogens with zero attached hydrogens (tertiary/aromatic N) is 5. The minimum Gasteiger partial charge on any atom is -0.405 e. The molecule has 8 aliphatic rings. The van der Waals surface area contributed by atoms with Crippen LogP contribution in [0, 0.1) is 0 Å². The van der Waals surface area contributed by atoms with Gasteiger partial charge in [-0.15, -0.1) is 14.7 Å². The van der Waals surface area contributed by atoms with Crippen molar-refractivity contribution in [3.63, 3.8) is 0 Å². The SMILES string of the molecule is C.C.C.C.CC1(C)OB(B2OC(C)(C)C(C)(C)O2)OC1(C)C.CC1=CCN(P)CC1.O=C1CCN(P)CC1.O=S(=O)(N(c1ccccc1)S(=O)(=O)C(F)(F)F)C(F)(F)F.O=S(=O)(OC1=CCN(P)CC1)C(F)(F)F.[B]C1=CCN(P)CC1.[B]C1=CCNCC1.[B]C1CCNCC1. The van der Waals surface area contributed by atoms with Crippen molar-refractivity contribution in [3.05, 3.63) is 76.9 Å². The first-order chi connectivity index (χ1) is 42.0. The molecule has 0 bridgehead atoms. The zero-order chi connectivity index (χ0) is 70.5. The van der Waals surface area contributed by atoms with Gasteiger partial charge in [-0.3, -0.25) is 23.5 Å². The zero-order valence-electron chi connectivity index (χ0n) is 53.4. The number of carbonyl (C=O) groups is 1. The molecule has 1 aromatic rings. The molecule has 4 atom stereocenters. The lowest BCUT2D eigenvalue weighted by molar-refractivity contribution is -0.120. The summed E-state index contributed by atoms with van der Waals surface area (Å²) >= 11 is 0. The predicted octanol–water partition coefficient (Wildman–Crippen LogP) is 11.0. The molecule has 96 heavy (non-hydrogen) atoms. The van der Waals surface area contributed by atoms with E-state index in [-0.39, 0.29) is 64.3 Å². The summed E-state index contributed by atoms with van der Waals surface area (Å²) in [5, 5.41) is 6.39. The van der Waals surface area contributed by atoms with Gasteiger partial charge in [0.05, 0.1) is 35.9 Å². The molecule has 4 saturated heterocycles. The molecule has 0 saturated carbocycles.